The second-order valence-corrected chi connectivity index (χ2v) is 2.72. The first-order valence-electron chi connectivity index (χ1n) is 3.90. The summed E-state index contributed by atoms with van der Waals surface area (Å²) in [6.07, 6.45) is -3.26. The van der Waals surface area contributed by atoms with Crippen molar-refractivity contribution in [2.45, 2.75) is 6.18 Å². The Hall–Kier alpha value is -1.85. The summed E-state index contributed by atoms with van der Waals surface area (Å²) in [7, 11) is 0. The molecule has 3 nitrogen and oxygen atoms in total. The lowest BCUT2D eigenvalue weighted by Gasteiger charge is -2.05. The van der Waals surface area contributed by atoms with Crippen molar-refractivity contribution < 1.29 is 18.0 Å². The van der Waals surface area contributed by atoms with Crippen LogP contribution in [0.3, 0.4) is 0 Å². The highest BCUT2D eigenvalue weighted by Crippen LogP contribution is 2.28. The van der Waals surface area contributed by atoms with E-state index in [-0.39, 0.29) is 0 Å². The van der Waals surface area contributed by atoms with Gasteiger partial charge in [0.25, 0.3) is 0 Å². The van der Waals surface area contributed by atoms with Crippen LogP contribution < -0.4 is 5.73 Å². The number of halogens is 3. The van der Waals surface area contributed by atoms with E-state index in [1.54, 1.807) is 0 Å². The molecule has 0 unspecified atom stereocenters. The van der Waals surface area contributed by atoms with Crippen molar-refractivity contribution >= 4 is 12.2 Å². The normalized spacial score (nSPS) is 11.9. The molecule has 2 amide bonds. The standard InChI is InChI=1S/C9H7F3N2O/c10-9(11,12)7-3-1-6(2-4-7)5-14-8(13)15/h1-5H,(H2,13,15). The lowest BCUT2D eigenvalue weighted by molar-refractivity contribution is -0.137. The van der Waals surface area contributed by atoms with Gasteiger partial charge in [-0.25, -0.2) is 9.79 Å². The van der Waals surface area contributed by atoms with Gasteiger partial charge in [-0.05, 0) is 17.7 Å². The largest absolute Gasteiger partial charge is 0.416 e. The molecular formula is C9H7F3N2O. The molecule has 0 aliphatic carbocycles. The summed E-state index contributed by atoms with van der Waals surface area (Å²) in [5.41, 5.74) is 4.35. The maximum atomic E-state index is 12.1. The van der Waals surface area contributed by atoms with Crippen LogP contribution in [-0.2, 0) is 6.18 Å². The van der Waals surface area contributed by atoms with Gasteiger partial charge in [-0.15, -0.1) is 0 Å². The van der Waals surface area contributed by atoms with E-state index in [0.717, 1.165) is 18.3 Å². The van der Waals surface area contributed by atoms with E-state index in [9.17, 15) is 18.0 Å². The molecule has 0 spiro atoms. The molecule has 1 rings (SSSR count). The van der Waals surface area contributed by atoms with Crippen LogP contribution in [-0.4, -0.2) is 12.2 Å². The van der Waals surface area contributed by atoms with E-state index in [4.69, 9.17) is 5.73 Å². The van der Waals surface area contributed by atoms with Gasteiger partial charge in [0.05, 0.1) is 5.56 Å². The zero-order valence-electron chi connectivity index (χ0n) is 7.45. The molecule has 2 N–H and O–H groups in total. The van der Waals surface area contributed by atoms with Gasteiger partial charge in [-0.3, -0.25) is 0 Å². The predicted octanol–water partition coefficient (Wildman–Crippen LogP) is 2.20. The van der Waals surface area contributed by atoms with E-state index in [1.165, 1.54) is 12.1 Å². The summed E-state index contributed by atoms with van der Waals surface area (Å²) >= 11 is 0. The van der Waals surface area contributed by atoms with Crippen molar-refractivity contribution in [1.82, 2.24) is 0 Å². The molecule has 0 radical (unpaired) electrons. The van der Waals surface area contributed by atoms with E-state index < -0.39 is 17.8 Å². The monoisotopic (exact) mass is 216 g/mol. The number of benzene rings is 1. The van der Waals surface area contributed by atoms with Gasteiger partial charge in [0, 0.05) is 6.21 Å². The van der Waals surface area contributed by atoms with Crippen LogP contribution >= 0.6 is 0 Å². The average Bonchev–Trinajstić information content (AvgIpc) is 2.14. The number of nitrogens with zero attached hydrogens (tertiary/aromatic N) is 1. The minimum atomic E-state index is -4.36. The number of hydrogen-bond acceptors (Lipinski definition) is 1. The number of urea groups is 1. The van der Waals surface area contributed by atoms with Crippen molar-refractivity contribution in [3.63, 3.8) is 0 Å². The number of nitrogens with two attached hydrogens (primary N) is 1. The first-order valence-corrected chi connectivity index (χ1v) is 3.90. The summed E-state index contributed by atoms with van der Waals surface area (Å²) in [4.78, 5) is 13.5. The van der Waals surface area contributed by atoms with Crippen LogP contribution in [0.5, 0.6) is 0 Å². The highest BCUT2D eigenvalue weighted by Gasteiger charge is 2.29. The third kappa shape index (κ3) is 3.41. The number of aliphatic imine (C=N–C) groups is 1. The summed E-state index contributed by atoms with van der Waals surface area (Å²) in [5.74, 6) is 0. The summed E-state index contributed by atoms with van der Waals surface area (Å²) in [6, 6.07) is 3.32. The number of amides is 2. The molecule has 0 bridgehead atoms. The maximum Gasteiger partial charge on any atom is 0.416 e. The summed E-state index contributed by atoms with van der Waals surface area (Å²) in [5, 5.41) is 0. The summed E-state index contributed by atoms with van der Waals surface area (Å²) in [6.45, 7) is 0. The van der Waals surface area contributed by atoms with Crippen LogP contribution in [0.25, 0.3) is 0 Å². The molecule has 0 saturated heterocycles. The second kappa shape index (κ2) is 4.12. The first kappa shape index (κ1) is 11.2. The lowest BCUT2D eigenvalue weighted by atomic mass is 10.1. The van der Waals surface area contributed by atoms with Crippen LogP contribution in [0, 0.1) is 0 Å². The molecule has 6 heteroatoms. The van der Waals surface area contributed by atoms with Crippen molar-refractivity contribution in [1.29, 1.82) is 0 Å². The molecule has 0 aliphatic rings. The molecule has 0 atom stereocenters. The first-order chi connectivity index (χ1) is 6.89. The zero-order chi connectivity index (χ0) is 11.5. The molecule has 0 aliphatic heterocycles. The SMILES string of the molecule is NC(=O)N=Cc1ccc(C(F)(F)F)cc1. The van der Waals surface area contributed by atoms with Gasteiger partial charge in [-0.1, -0.05) is 12.1 Å². The minimum Gasteiger partial charge on any atom is -0.350 e. The zero-order valence-corrected chi connectivity index (χ0v) is 7.45. The van der Waals surface area contributed by atoms with Gasteiger partial charge < -0.3 is 5.73 Å². The number of carbonyl (C=O) groups is 1. The van der Waals surface area contributed by atoms with Gasteiger partial charge in [0.15, 0.2) is 0 Å². The Morgan fingerprint density at radius 1 is 1.27 bits per heavy atom. The molecule has 80 valence electrons. The van der Waals surface area contributed by atoms with Gasteiger partial charge >= 0.3 is 12.2 Å². The third-order valence-electron chi connectivity index (χ3n) is 1.58. The number of alkyl halides is 3. The van der Waals surface area contributed by atoms with Gasteiger partial charge in [0.1, 0.15) is 0 Å². The van der Waals surface area contributed by atoms with E-state index in [2.05, 4.69) is 4.99 Å². The van der Waals surface area contributed by atoms with Gasteiger partial charge in [0.2, 0.25) is 0 Å². The third-order valence-corrected chi connectivity index (χ3v) is 1.58. The Morgan fingerprint density at radius 3 is 2.20 bits per heavy atom. The van der Waals surface area contributed by atoms with Crippen LogP contribution in [0.2, 0.25) is 0 Å². The molecule has 0 aromatic heterocycles. The number of carbonyl (C=O) groups excluding carboxylic acids is 1. The molecule has 0 fully saturated rings. The minimum absolute atomic E-state index is 0.377. The Bertz CT molecular complexity index is 381. The van der Waals surface area contributed by atoms with E-state index in [1.807, 2.05) is 0 Å². The van der Waals surface area contributed by atoms with Crippen molar-refractivity contribution in [3.8, 4) is 0 Å². The second-order valence-electron chi connectivity index (χ2n) is 2.72. The van der Waals surface area contributed by atoms with Crippen LogP contribution in [0.15, 0.2) is 29.3 Å². The Morgan fingerprint density at radius 2 is 1.80 bits per heavy atom. The van der Waals surface area contributed by atoms with E-state index >= 15 is 0 Å². The molecular weight excluding hydrogens is 209 g/mol. The highest BCUT2D eigenvalue weighted by molar-refractivity contribution is 5.90. The number of rotatable bonds is 1. The fourth-order valence-corrected chi connectivity index (χ4v) is 0.896. The number of primary amides is 1. The van der Waals surface area contributed by atoms with Crippen LogP contribution in [0.1, 0.15) is 11.1 Å². The Labute approximate surface area is 83.4 Å². The van der Waals surface area contributed by atoms with Crippen LogP contribution in [0.4, 0.5) is 18.0 Å². The fourth-order valence-electron chi connectivity index (χ4n) is 0.896. The van der Waals surface area contributed by atoms with E-state index in [0.29, 0.717) is 5.56 Å². The maximum absolute atomic E-state index is 12.1. The highest BCUT2D eigenvalue weighted by atomic mass is 19.4. The van der Waals surface area contributed by atoms with Crippen molar-refractivity contribution in [3.05, 3.63) is 35.4 Å². The molecule has 0 saturated carbocycles. The van der Waals surface area contributed by atoms with Crippen molar-refractivity contribution in [2.24, 2.45) is 10.7 Å². The topological polar surface area (TPSA) is 55.5 Å². The summed E-state index contributed by atoms with van der Waals surface area (Å²) < 4.78 is 36.4. The molecule has 1 aromatic carbocycles. The fraction of sp³-hybridized carbons (Fsp3) is 0.111. The molecule has 0 heterocycles. The van der Waals surface area contributed by atoms with Crippen molar-refractivity contribution in [2.75, 3.05) is 0 Å². The Kier molecular flexibility index (Phi) is 3.08. The smallest absolute Gasteiger partial charge is 0.350 e. The lowest BCUT2D eigenvalue weighted by Crippen LogP contribution is -2.05. The Balaban J connectivity index is 2.86. The average molecular weight is 216 g/mol. The molecule has 15 heavy (non-hydrogen) atoms. The predicted molar refractivity (Wildman–Crippen MR) is 48.6 cm³/mol. The quantitative estimate of drug-likeness (QED) is 0.719. The number of hydrogen-bond donors (Lipinski definition) is 1. The van der Waals surface area contributed by atoms with Gasteiger partial charge in [-0.2, -0.15) is 13.2 Å². The molecule has 1 aromatic rings.